The summed E-state index contributed by atoms with van der Waals surface area (Å²) >= 11 is 6.85. The lowest BCUT2D eigenvalue weighted by Crippen LogP contribution is -2.63. The lowest BCUT2D eigenvalue weighted by Gasteiger charge is -2.46. The molecule has 196 valence electrons. The summed E-state index contributed by atoms with van der Waals surface area (Å²) in [6.07, 6.45) is 0.706. The Morgan fingerprint density at radius 2 is 2.03 bits per heavy atom. The highest BCUT2D eigenvalue weighted by atomic mass is 35.5. The third kappa shape index (κ3) is 7.12. The molecule has 3 atom stereocenters. The highest BCUT2D eigenvalue weighted by Gasteiger charge is 2.45. The van der Waals surface area contributed by atoms with Gasteiger partial charge in [0.1, 0.15) is 13.7 Å². The monoisotopic (exact) mass is 531 g/mol. The van der Waals surface area contributed by atoms with Gasteiger partial charge < -0.3 is 14.8 Å². The zero-order valence-corrected chi connectivity index (χ0v) is 24.4. The van der Waals surface area contributed by atoms with Crippen LogP contribution < -0.4 is 5.32 Å². The summed E-state index contributed by atoms with van der Waals surface area (Å²) < 4.78 is 11.1. The molecule has 7 nitrogen and oxygen atoms in total. The maximum atomic E-state index is 13.7. The molecule has 2 aliphatic rings. The van der Waals surface area contributed by atoms with Crippen LogP contribution in [0.2, 0.25) is 24.7 Å². The number of carbonyl (C=O) groups excluding carboxylic acids is 2. The summed E-state index contributed by atoms with van der Waals surface area (Å²) in [6, 6.07) is 5.53. The summed E-state index contributed by atoms with van der Waals surface area (Å²) in [4.78, 5) is 32.2. The van der Waals surface area contributed by atoms with Gasteiger partial charge in [0, 0.05) is 18.2 Å². The Morgan fingerprint density at radius 3 is 2.64 bits per heavy atom. The Morgan fingerprint density at radius 1 is 1.33 bits per heavy atom. The molecule has 2 saturated heterocycles. The molecule has 1 aromatic carbocycles. The minimum absolute atomic E-state index is 0.00343. The van der Waals surface area contributed by atoms with E-state index in [1.807, 2.05) is 32.0 Å². The number of aliphatic imine (C=N–C) groups is 1. The maximum Gasteiger partial charge on any atom is 0.437 e. The zero-order chi connectivity index (χ0) is 26.9. The van der Waals surface area contributed by atoms with Gasteiger partial charge in [0.2, 0.25) is 11.9 Å². The van der Waals surface area contributed by atoms with Gasteiger partial charge in [-0.2, -0.15) is 0 Å². The first kappa shape index (κ1) is 28.2. The van der Waals surface area contributed by atoms with Gasteiger partial charge in [0.15, 0.2) is 0 Å². The molecule has 0 spiro atoms. The molecule has 1 N–H and O–H groups in total. The molecular weight excluding hydrogens is 494 g/mol. The molecule has 1 aromatic rings. The third-order valence-corrected chi connectivity index (χ3v) is 7.25. The Kier molecular flexibility index (Phi) is 8.29. The van der Waals surface area contributed by atoms with Crippen LogP contribution in [0.1, 0.15) is 65.0 Å². The van der Waals surface area contributed by atoms with Gasteiger partial charge in [0.05, 0.1) is 23.1 Å². The van der Waals surface area contributed by atoms with Gasteiger partial charge in [0.25, 0.3) is 0 Å². The van der Waals surface area contributed by atoms with Crippen LogP contribution in [0, 0.1) is 11.5 Å². The Bertz CT molecular complexity index is 1110. The number of guanidine groups is 1. The van der Waals surface area contributed by atoms with Crippen molar-refractivity contribution in [1.82, 2.24) is 10.2 Å². The molecule has 0 saturated carbocycles. The first-order valence-electron chi connectivity index (χ1n) is 12.4. The van der Waals surface area contributed by atoms with E-state index >= 15 is 0 Å². The Labute approximate surface area is 221 Å². The number of benzene rings is 1. The third-order valence-electron chi connectivity index (χ3n) is 5.97. The topological polar surface area (TPSA) is 80.2 Å². The number of halogens is 1. The SMILES string of the molecule is C[C@H]1C[C@@H](N2C(=O)C[C@@](C)(c3cccc(C#C[Si](C)(C)C)c3Cl)N/C2=N\C(=O)OC(C)(C)C)CCO1. The number of amides is 2. The number of rotatable bonds is 2. The minimum atomic E-state index is -1.61. The van der Waals surface area contributed by atoms with Gasteiger partial charge in [-0.15, -0.1) is 10.5 Å². The number of nitrogens with one attached hydrogen (secondary N) is 1. The fourth-order valence-corrected chi connectivity index (χ4v) is 5.26. The fraction of sp³-hybridized carbons (Fsp3) is 0.593. The maximum absolute atomic E-state index is 13.7. The van der Waals surface area contributed by atoms with Gasteiger partial charge in [-0.3, -0.25) is 9.69 Å². The number of carbonyl (C=O) groups is 2. The number of ether oxygens (including phenoxy) is 2. The van der Waals surface area contributed by atoms with Crippen molar-refractivity contribution in [3.05, 3.63) is 34.3 Å². The molecule has 36 heavy (non-hydrogen) atoms. The molecule has 0 unspecified atom stereocenters. The Hall–Kier alpha value is -2.34. The number of nitrogens with zero attached hydrogens (tertiary/aromatic N) is 2. The molecule has 2 aliphatic heterocycles. The second-order valence-electron chi connectivity index (χ2n) is 11.8. The molecule has 3 rings (SSSR count). The molecule has 0 aliphatic carbocycles. The van der Waals surface area contributed by atoms with E-state index in [0.717, 1.165) is 11.1 Å². The van der Waals surface area contributed by atoms with Crippen LogP contribution in [0.3, 0.4) is 0 Å². The quantitative estimate of drug-likeness (QED) is 0.404. The van der Waals surface area contributed by atoms with E-state index in [1.165, 1.54) is 0 Å². The summed E-state index contributed by atoms with van der Waals surface area (Å²) in [5, 5.41) is 3.88. The molecule has 2 heterocycles. The average Bonchev–Trinajstić information content (AvgIpc) is 2.70. The lowest BCUT2D eigenvalue weighted by molar-refractivity contribution is -0.134. The van der Waals surface area contributed by atoms with Crippen LogP contribution in [0.25, 0.3) is 0 Å². The first-order valence-corrected chi connectivity index (χ1v) is 16.3. The van der Waals surface area contributed by atoms with E-state index in [0.29, 0.717) is 24.5 Å². The molecule has 0 aromatic heterocycles. The van der Waals surface area contributed by atoms with Crippen molar-refractivity contribution in [1.29, 1.82) is 0 Å². The van der Waals surface area contributed by atoms with Crippen molar-refractivity contribution < 1.29 is 19.1 Å². The van der Waals surface area contributed by atoms with Crippen LogP contribution in [0.15, 0.2) is 23.2 Å². The summed E-state index contributed by atoms with van der Waals surface area (Å²) in [7, 11) is -1.61. The number of hydrogen-bond acceptors (Lipinski definition) is 4. The van der Waals surface area contributed by atoms with Gasteiger partial charge in [-0.05, 0) is 59.1 Å². The average molecular weight is 532 g/mol. The molecule has 0 bridgehead atoms. The van der Waals surface area contributed by atoms with E-state index in [-0.39, 0.29) is 30.4 Å². The predicted octanol–water partition coefficient (Wildman–Crippen LogP) is 5.46. The van der Waals surface area contributed by atoms with Gasteiger partial charge >= 0.3 is 6.09 Å². The van der Waals surface area contributed by atoms with Crippen molar-refractivity contribution in [2.24, 2.45) is 4.99 Å². The van der Waals surface area contributed by atoms with Crippen LogP contribution in [0.4, 0.5) is 4.79 Å². The van der Waals surface area contributed by atoms with E-state index < -0.39 is 25.3 Å². The summed E-state index contributed by atoms with van der Waals surface area (Å²) in [5.41, 5.74) is 3.20. The van der Waals surface area contributed by atoms with E-state index in [9.17, 15) is 9.59 Å². The smallest absolute Gasteiger partial charge is 0.437 e. The fourth-order valence-electron chi connectivity index (χ4n) is 4.37. The van der Waals surface area contributed by atoms with Crippen molar-refractivity contribution >= 4 is 37.6 Å². The minimum Gasteiger partial charge on any atom is -0.442 e. The lowest BCUT2D eigenvalue weighted by atomic mass is 9.85. The van der Waals surface area contributed by atoms with E-state index in [1.54, 1.807) is 25.7 Å². The second-order valence-corrected chi connectivity index (χ2v) is 17.0. The summed E-state index contributed by atoms with van der Waals surface area (Å²) in [5.74, 6) is 3.28. The highest BCUT2D eigenvalue weighted by Crippen LogP contribution is 2.37. The normalized spacial score (nSPS) is 26.2. The predicted molar refractivity (Wildman–Crippen MR) is 146 cm³/mol. The van der Waals surface area contributed by atoms with Crippen molar-refractivity contribution in [3.63, 3.8) is 0 Å². The second kappa shape index (κ2) is 10.6. The Balaban J connectivity index is 2.03. The molecule has 0 radical (unpaired) electrons. The van der Waals surface area contributed by atoms with Crippen LogP contribution in [-0.2, 0) is 19.8 Å². The zero-order valence-electron chi connectivity index (χ0n) is 22.6. The molecule has 2 fully saturated rings. The van der Waals surface area contributed by atoms with Crippen molar-refractivity contribution in [2.75, 3.05) is 6.61 Å². The van der Waals surface area contributed by atoms with Gasteiger partial charge in [-0.25, -0.2) is 4.79 Å². The molecule has 2 amide bonds. The summed E-state index contributed by atoms with van der Waals surface area (Å²) in [6.45, 7) is 16.3. The van der Waals surface area contributed by atoms with E-state index in [4.69, 9.17) is 21.1 Å². The highest BCUT2D eigenvalue weighted by molar-refractivity contribution is 6.83. The standard InChI is InChI=1S/C27H38ClN3O4Si/c1-18-16-20(12-14-34-18)31-22(32)17-27(5,30-24(31)29-25(33)35-26(2,3)4)21-11-9-10-19(23(21)28)13-15-36(6,7)8/h9-11,18,20H,12,14,16-17H2,1-8H3,(H,29,30,33)/t18-,20-,27-/m0/s1. The van der Waals surface area contributed by atoms with Crippen molar-refractivity contribution in [3.8, 4) is 11.5 Å². The molecule has 9 heteroatoms. The largest absolute Gasteiger partial charge is 0.442 e. The van der Waals surface area contributed by atoms with Crippen LogP contribution >= 0.6 is 11.6 Å². The van der Waals surface area contributed by atoms with Crippen molar-refractivity contribution in [2.45, 2.75) is 96.8 Å². The first-order chi connectivity index (χ1) is 16.6. The van der Waals surface area contributed by atoms with Crippen LogP contribution in [-0.4, -0.2) is 55.3 Å². The molecular formula is C27H38ClN3O4Si. The number of hydrogen-bond donors (Lipinski definition) is 1. The van der Waals surface area contributed by atoms with Gasteiger partial charge in [-0.1, -0.05) is 49.3 Å². The van der Waals surface area contributed by atoms with Crippen LogP contribution in [0.5, 0.6) is 0 Å². The van der Waals surface area contributed by atoms with E-state index in [2.05, 4.69) is 41.4 Å².